The van der Waals surface area contributed by atoms with Crippen molar-refractivity contribution in [2.24, 2.45) is 0 Å². The fourth-order valence-corrected chi connectivity index (χ4v) is 3.24. The van der Waals surface area contributed by atoms with Crippen molar-refractivity contribution in [1.29, 1.82) is 0 Å². The van der Waals surface area contributed by atoms with Crippen LogP contribution in [0.2, 0.25) is 10.0 Å². The van der Waals surface area contributed by atoms with Crippen LogP contribution in [-0.4, -0.2) is 5.24 Å². The smallest absolute Gasteiger partial charge is 0.263 e. The Balaban J connectivity index is 2.87. The Morgan fingerprint density at radius 1 is 1.29 bits per heavy atom. The molecule has 1 nitrogen and oxygen atoms in total. The highest BCUT2D eigenvalue weighted by atomic mass is 35.5. The van der Waals surface area contributed by atoms with Gasteiger partial charge in [0.05, 0.1) is 10.0 Å². The number of carbonyl (C=O) groups excluding carboxylic acids is 1. The van der Waals surface area contributed by atoms with Crippen molar-refractivity contribution < 1.29 is 4.79 Å². The van der Waals surface area contributed by atoms with Crippen LogP contribution < -0.4 is 0 Å². The minimum absolute atomic E-state index is 0.343. The van der Waals surface area contributed by atoms with E-state index < -0.39 is 5.24 Å². The van der Waals surface area contributed by atoms with Crippen molar-refractivity contribution in [3.8, 4) is 0 Å². The molecule has 72 valence electrons. The maximum Gasteiger partial charge on any atom is 0.263 e. The van der Waals surface area contributed by atoms with Crippen molar-refractivity contribution in [3.63, 3.8) is 0 Å². The van der Waals surface area contributed by atoms with Gasteiger partial charge >= 0.3 is 0 Å². The van der Waals surface area contributed by atoms with Crippen LogP contribution in [0.1, 0.15) is 9.67 Å². The van der Waals surface area contributed by atoms with Gasteiger partial charge in [-0.1, -0.05) is 29.3 Å². The summed E-state index contributed by atoms with van der Waals surface area (Å²) in [5, 5.41) is 1.03. The third-order valence-electron chi connectivity index (χ3n) is 1.78. The average Bonchev–Trinajstić information content (AvgIpc) is 2.45. The quantitative estimate of drug-likeness (QED) is 0.689. The molecule has 0 spiro atoms. The molecule has 0 N–H and O–H groups in total. The van der Waals surface area contributed by atoms with Crippen molar-refractivity contribution in [2.45, 2.75) is 0 Å². The molecule has 5 heteroatoms. The molecular weight excluding hydrogens is 263 g/mol. The third kappa shape index (κ3) is 1.52. The zero-order chi connectivity index (χ0) is 10.3. The number of rotatable bonds is 1. The van der Waals surface area contributed by atoms with Crippen LogP contribution in [0.5, 0.6) is 0 Å². The Hall–Kier alpha value is -0.280. The predicted molar refractivity (Wildman–Crippen MR) is 62.0 cm³/mol. The van der Waals surface area contributed by atoms with E-state index in [1.807, 2.05) is 6.07 Å². The lowest BCUT2D eigenvalue weighted by Crippen LogP contribution is -1.81. The molecule has 1 heterocycles. The van der Waals surface area contributed by atoms with Gasteiger partial charge in [0.25, 0.3) is 5.24 Å². The van der Waals surface area contributed by atoms with Crippen molar-refractivity contribution in [3.05, 3.63) is 33.1 Å². The number of hydrogen-bond acceptors (Lipinski definition) is 2. The minimum Gasteiger partial charge on any atom is -0.275 e. The van der Waals surface area contributed by atoms with Crippen molar-refractivity contribution in [2.75, 3.05) is 0 Å². The lowest BCUT2D eigenvalue weighted by Gasteiger charge is -1.92. The molecule has 0 saturated carbocycles. The lowest BCUT2D eigenvalue weighted by atomic mass is 10.2. The summed E-state index contributed by atoms with van der Waals surface area (Å²) in [6.07, 6.45) is 0. The fourth-order valence-electron chi connectivity index (χ4n) is 1.20. The summed E-state index contributed by atoms with van der Waals surface area (Å²) in [6, 6.07) is 5.38. The van der Waals surface area contributed by atoms with Gasteiger partial charge < -0.3 is 0 Å². The molecule has 2 aromatic rings. The van der Waals surface area contributed by atoms with Gasteiger partial charge in [-0.2, -0.15) is 0 Å². The third-order valence-corrected chi connectivity index (χ3v) is 4.04. The zero-order valence-electron chi connectivity index (χ0n) is 6.68. The van der Waals surface area contributed by atoms with Crippen LogP contribution in [0.15, 0.2) is 18.2 Å². The molecule has 14 heavy (non-hydrogen) atoms. The maximum absolute atomic E-state index is 11.0. The molecular formula is C9H3Cl3OS. The van der Waals surface area contributed by atoms with Crippen molar-refractivity contribution >= 4 is 61.5 Å². The number of carbonyl (C=O) groups is 1. The van der Waals surface area contributed by atoms with Crippen molar-refractivity contribution in [1.82, 2.24) is 0 Å². The van der Waals surface area contributed by atoms with Gasteiger partial charge in [0, 0.05) is 10.1 Å². The lowest BCUT2D eigenvalue weighted by molar-refractivity contribution is 0.108. The monoisotopic (exact) mass is 264 g/mol. The van der Waals surface area contributed by atoms with Gasteiger partial charge in [-0.05, 0) is 23.7 Å². The fraction of sp³-hybridized carbons (Fsp3) is 0. The van der Waals surface area contributed by atoms with E-state index in [0.29, 0.717) is 20.3 Å². The Morgan fingerprint density at radius 2 is 2.00 bits per heavy atom. The van der Waals surface area contributed by atoms with Gasteiger partial charge in [0.15, 0.2) is 0 Å². The summed E-state index contributed by atoms with van der Waals surface area (Å²) in [4.78, 5) is 11.3. The van der Waals surface area contributed by atoms with E-state index in [0.717, 1.165) is 4.70 Å². The molecule has 0 unspecified atom stereocenters. The number of benzene rings is 1. The van der Waals surface area contributed by atoms with E-state index in [9.17, 15) is 4.79 Å². The summed E-state index contributed by atoms with van der Waals surface area (Å²) in [6.45, 7) is 0. The first kappa shape index (κ1) is 10.2. The summed E-state index contributed by atoms with van der Waals surface area (Å²) in [7, 11) is 0. The van der Waals surface area contributed by atoms with Gasteiger partial charge in [-0.25, -0.2) is 0 Å². The average molecular weight is 266 g/mol. The summed E-state index contributed by atoms with van der Waals surface area (Å²) in [5.74, 6) is 0. The number of fused-ring (bicyclic) bond motifs is 1. The highest BCUT2D eigenvalue weighted by molar-refractivity contribution is 7.23. The van der Waals surface area contributed by atoms with E-state index >= 15 is 0 Å². The zero-order valence-corrected chi connectivity index (χ0v) is 9.77. The molecule has 2 rings (SSSR count). The predicted octanol–water partition coefficient (Wildman–Crippen LogP) is 4.59. The summed E-state index contributed by atoms with van der Waals surface area (Å²) >= 11 is 18.6. The summed E-state index contributed by atoms with van der Waals surface area (Å²) < 4.78 is 0.867. The number of hydrogen-bond donors (Lipinski definition) is 0. The normalized spacial score (nSPS) is 10.8. The highest BCUT2D eigenvalue weighted by Gasteiger charge is 2.16. The maximum atomic E-state index is 11.0. The van der Waals surface area contributed by atoms with E-state index in [1.165, 1.54) is 11.3 Å². The Morgan fingerprint density at radius 3 is 2.57 bits per heavy atom. The van der Waals surface area contributed by atoms with Crippen LogP contribution in [0.25, 0.3) is 10.1 Å². The van der Waals surface area contributed by atoms with E-state index in [4.69, 9.17) is 34.8 Å². The van der Waals surface area contributed by atoms with Gasteiger partial charge in [0.1, 0.15) is 4.88 Å². The largest absolute Gasteiger partial charge is 0.275 e. The first-order chi connectivity index (χ1) is 6.61. The molecule has 0 aliphatic heterocycles. The number of halogens is 3. The molecule has 0 aliphatic rings. The minimum atomic E-state index is -0.549. The van der Waals surface area contributed by atoms with E-state index in [-0.39, 0.29) is 0 Å². The Kier molecular flexibility index (Phi) is 2.71. The number of thiophene rings is 1. The molecule has 0 fully saturated rings. The van der Waals surface area contributed by atoms with E-state index in [1.54, 1.807) is 12.1 Å². The van der Waals surface area contributed by atoms with Crippen LogP contribution in [0.4, 0.5) is 0 Å². The second-order valence-electron chi connectivity index (χ2n) is 2.63. The topological polar surface area (TPSA) is 17.1 Å². The SMILES string of the molecule is O=C(Cl)c1sc2cccc(Cl)c2c1Cl. The first-order valence-electron chi connectivity index (χ1n) is 3.67. The standard InChI is InChI=1S/C9H3Cl3OS/c10-4-2-1-3-5-6(4)7(11)8(14-5)9(12)13/h1-3H. The van der Waals surface area contributed by atoms with Gasteiger partial charge in [-0.15, -0.1) is 11.3 Å². The van der Waals surface area contributed by atoms with Crippen LogP contribution >= 0.6 is 46.1 Å². The molecule has 0 radical (unpaired) electrons. The molecule has 0 amide bonds. The summed E-state index contributed by atoms with van der Waals surface area (Å²) in [5.41, 5.74) is 0. The Labute approximate surface area is 99.2 Å². The molecule has 0 atom stereocenters. The second kappa shape index (κ2) is 3.70. The second-order valence-corrected chi connectivity index (χ2v) is 4.81. The Bertz CT molecular complexity index is 518. The molecule has 0 aliphatic carbocycles. The molecule has 0 bridgehead atoms. The van der Waals surface area contributed by atoms with E-state index in [2.05, 4.69) is 0 Å². The van der Waals surface area contributed by atoms with Gasteiger partial charge in [0.2, 0.25) is 0 Å². The van der Waals surface area contributed by atoms with Crippen LogP contribution in [0, 0.1) is 0 Å². The highest BCUT2D eigenvalue weighted by Crippen LogP contribution is 2.39. The molecule has 1 aromatic carbocycles. The van der Waals surface area contributed by atoms with Crippen LogP contribution in [-0.2, 0) is 0 Å². The molecule has 0 saturated heterocycles. The van der Waals surface area contributed by atoms with Gasteiger partial charge in [-0.3, -0.25) is 4.79 Å². The van der Waals surface area contributed by atoms with Crippen LogP contribution in [0.3, 0.4) is 0 Å². The molecule has 1 aromatic heterocycles. The first-order valence-corrected chi connectivity index (χ1v) is 5.62.